The van der Waals surface area contributed by atoms with Gasteiger partial charge >= 0.3 is 6.03 Å². The van der Waals surface area contributed by atoms with Crippen molar-refractivity contribution >= 4 is 6.03 Å². The van der Waals surface area contributed by atoms with Crippen LogP contribution in [0.15, 0.2) is 48.5 Å². The van der Waals surface area contributed by atoms with Crippen molar-refractivity contribution in [3.8, 4) is 11.5 Å². The van der Waals surface area contributed by atoms with Crippen molar-refractivity contribution in [1.82, 2.24) is 15.5 Å². The highest BCUT2D eigenvalue weighted by Gasteiger charge is 2.22. The predicted molar refractivity (Wildman–Crippen MR) is 107 cm³/mol. The number of carbonyl (C=O) groups excluding carboxylic acids is 1. The van der Waals surface area contributed by atoms with Crippen molar-refractivity contribution in [3.63, 3.8) is 0 Å². The van der Waals surface area contributed by atoms with Crippen molar-refractivity contribution in [1.29, 1.82) is 0 Å². The molecule has 2 aromatic carbocycles. The van der Waals surface area contributed by atoms with Gasteiger partial charge in [0.05, 0.1) is 6.04 Å². The summed E-state index contributed by atoms with van der Waals surface area (Å²) in [6, 6.07) is 16.3. The maximum absolute atomic E-state index is 12.4. The zero-order chi connectivity index (χ0) is 19.3. The van der Waals surface area contributed by atoms with Crippen LogP contribution in [0.1, 0.15) is 36.9 Å². The smallest absolute Gasteiger partial charge is 0.315 e. The average molecular weight is 381 g/mol. The number of nitrogens with one attached hydrogen (secondary N) is 2. The van der Waals surface area contributed by atoms with E-state index in [9.17, 15) is 4.79 Å². The van der Waals surface area contributed by atoms with E-state index in [4.69, 9.17) is 9.47 Å². The van der Waals surface area contributed by atoms with Gasteiger partial charge in [0.15, 0.2) is 11.5 Å². The number of fused-ring (bicyclic) bond motifs is 1. The van der Waals surface area contributed by atoms with Crippen LogP contribution in [-0.2, 0) is 6.54 Å². The molecule has 28 heavy (non-hydrogen) atoms. The number of piperidine rings is 1. The average Bonchev–Trinajstić information content (AvgIpc) is 3.18. The fourth-order valence-corrected chi connectivity index (χ4v) is 3.77. The molecule has 0 bridgehead atoms. The molecule has 148 valence electrons. The molecule has 1 fully saturated rings. The van der Waals surface area contributed by atoms with Crippen LogP contribution in [-0.4, -0.2) is 36.9 Å². The summed E-state index contributed by atoms with van der Waals surface area (Å²) in [6.45, 7) is 5.19. The second kappa shape index (κ2) is 8.52. The number of nitrogens with zero attached hydrogens (tertiary/aromatic N) is 1. The summed E-state index contributed by atoms with van der Waals surface area (Å²) >= 11 is 0. The monoisotopic (exact) mass is 381 g/mol. The first-order valence-corrected chi connectivity index (χ1v) is 9.90. The van der Waals surface area contributed by atoms with Crippen molar-refractivity contribution in [3.05, 3.63) is 59.7 Å². The molecule has 6 heteroatoms. The Bertz CT molecular complexity index is 804. The molecule has 2 aliphatic rings. The molecule has 1 atom stereocenters. The molecular weight excluding hydrogens is 354 g/mol. The highest BCUT2D eigenvalue weighted by Crippen LogP contribution is 2.34. The van der Waals surface area contributed by atoms with Gasteiger partial charge in [0, 0.05) is 25.7 Å². The summed E-state index contributed by atoms with van der Waals surface area (Å²) in [5.41, 5.74) is 2.33. The summed E-state index contributed by atoms with van der Waals surface area (Å²) in [4.78, 5) is 14.9. The lowest BCUT2D eigenvalue weighted by atomic mass is 10.0. The molecular formula is C22H27N3O3. The number of amides is 2. The van der Waals surface area contributed by atoms with E-state index in [2.05, 4.69) is 39.8 Å². The third kappa shape index (κ3) is 4.57. The van der Waals surface area contributed by atoms with Crippen LogP contribution in [0.5, 0.6) is 11.5 Å². The van der Waals surface area contributed by atoms with Gasteiger partial charge in [-0.15, -0.1) is 0 Å². The van der Waals surface area contributed by atoms with E-state index in [0.29, 0.717) is 0 Å². The minimum absolute atomic E-state index is 0.104. The normalized spacial score (nSPS) is 17.9. The predicted octanol–water partition coefficient (Wildman–Crippen LogP) is 3.44. The first-order chi connectivity index (χ1) is 13.7. The topological polar surface area (TPSA) is 62.8 Å². The van der Waals surface area contributed by atoms with Crippen molar-refractivity contribution in [2.24, 2.45) is 0 Å². The molecule has 0 saturated carbocycles. The highest BCUT2D eigenvalue weighted by molar-refractivity contribution is 5.74. The van der Waals surface area contributed by atoms with Crippen molar-refractivity contribution in [2.75, 3.05) is 19.9 Å². The number of hydrogen-bond donors (Lipinski definition) is 2. The number of benzene rings is 2. The Balaban J connectivity index is 1.22. The zero-order valence-corrected chi connectivity index (χ0v) is 16.2. The lowest BCUT2D eigenvalue weighted by Crippen LogP contribution is -2.48. The Hall–Kier alpha value is -2.73. The highest BCUT2D eigenvalue weighted by atomic mass is 16.7. The first kappa shape index (κ1) is 18.6. The van der Waals surface area contributed by atoms with E-state index in [1.807, 2.05) is 31.2 Å². The molecule has 2 N–H and O–H groups in total. The lowest BCUT2D eigenvalue weighted by molar-refractivity contribution is 0.174. The van der Waals surface area contributed by atoms with E-state index >= 15 is 0 Å². The largest absolute Gasteiger partial charge is 0.454 e. The van der Waals surface area contributed by atoms with E-state index in [1.54, 1.807) is 0 Å². The Labute approximate surface area is 165 Å². The number of likely N-dealkylation sites (tertiary alicyclic amines) is 1. The summed E-state index contributed by atoms with van der Waals surface area (Å²) in [5, 5.41) is 6.15. The van der Waals surface area contributed by atoms with Gasteiger partial charge in [-0.3, -0.25) is 4.90 Å². The fraction of sp³-hybridized carbons (Fsp3) is 0.409. The maximum Gasteiger partial charge on any atom is 0.315 e. The van der Waals surface area contributed by atoms with Gasteiger partial charge in [0.25, 0.3) is 0 Å². The molecule has 1 saturated heterocycles. The molecule has 2 heterocycles. The van der Waals surface area contributed by atoms with Gasteiger partial charge < -0.3 is 20.1 Å². The van der Waals surface area contributed by atoms with Gasteiger partial charge in [0.2, 0.25) is 6.79 Å². The van der Waals surface area contributed by atoms with Gasteiger partial charge in [-0.25, -0.2) is 4.79 Å². The van der Waals surface area contributed by atoms with Gasteiger partial charge in [-0.1, -0.05) is 36.4 Å². The molecule has 2 aliphatic heterocycles. The maximum atomic E-state index is 12.4. The summed E-state index contributed by atoms with van der Waals surface area (Å²) < 4.78 is 10.7. The van der Waals surface area contributed by atoms with E-state index in [0.717, 1.165) is 49.5 Å². The van der Waals surface area contributed by atoms with Crippen LogP contribution in [0.3, 0.4) is 0 Å². The zero-order valence-electron chi connectivity index (χ0n) is 16.2. The van der Waals surface area contributed by atoms with Crippen LogP contribution >= 0.6 is 0 Å². The minimum Gasteiger partial charge on any atom is -0.454 e. The lowest BCUT2D eigenvalue weighted by Gasteiger charge is -2.32. The fourth-order valence-electron chi connectivity index (χ4n) is 3.77. The standard InChI is InChI=1S/C22H27N3O3/c1-16(18-7-8-20-21(13-18)28-15-27-20)23-22(26)24-19-9-11-25(12-10-19)14-17-5-3-2-4-6-17/h2-8,13,16,19H,9-12,14-15H2,1H3,(H2,23,24,26). The van der Waals surface area contributed by atoms with Gasteiger partial charge in [-0.2, -0.15) is 0 Å². The Morgan fingerprint density at radius 2 is 1.86 bits per heavy atom. The minimum atomic E-state index is -0.119. The first-order valence-electron chi connectivity index (χ1n) is 9.90. The Morgan fingerprint density at radius 3 is 2.64 bits per heavy atom. The van der Waals surface area contributed by atoms with Crippen LogP contribution in [0.25, 0.3) is 0 Å². The second-order valence-electron chi connectivity index (χ2n) is 7.49. The molecule has 2 amide bonds. The third-order valence-electron chi connectivity index (χ3n) is 5.42. The SMILES string of the molecule is CC(NC(=O)NC1CCN(Cc2ccccc2)CC1)c1ccc2c(c1)OCO2. The quantitative estimate of drug-likeness (QED) is 0.833. The van der Waals surface area contributed by atoms with Gasteiger partial charge in [0.1, 0.15) is 0 Å². The summed E-state index contributed by atoms with van der Waals surface area (Å²) in [5.74, 6) is 1.49. The molecule has 2 aromatic rings. The van der Waals surface area contributed by atoms with E-state index in [-0.39, 0.29) is 24.9 Å². The molecule has 0 radical (unpaired) electrons. The number of urea groups is 1. The van der Waals surface area contributed by atoms with Crippen LogP contribution in [0, 0.1) is 0 Å². The number of hydrogen-bond acceptors (Lipinski definition) is 4. The van der Waals surface area contributed by atoms with Gasteiger partial charge in [-0.05, 0) is 43.0 Å². The second-order valence-corrected chi connectivity index (χ2v) is 7.49. The third-order valence-corrected chi connectivity index (χ3v) is 5.42. The molecule has 0 aromatic heterocycles. The molecule has 0 aliphatic carbocycles. The number of rotatable bonds is 5. The summed E-state index contributed by atoms with van der Waals surface area (Å²) in [6.07, 6.45) is 1.94. The molecule has 4 rings (SSSR count). The molecule has 0 spiro atoms. The van der Waals surface area contributed by atoms with Crippen molar-refractivity contribution < 1.29 is 14.3 Å². The van der Waals surface area contributed by atoms with Crippen LogP contribution < -0.4 is 20.1 Å². The molecule has 1 unspecified atom stereocenters. The summed E-state index contributed by atoms with van der Waals surface area (Å²) in [7, 11) is 0. The number of carbonyl (C=O) groups is 1. The Morgan fingerprint density at radius 1 is 1.11 bits per heavy atom. The van der Waals surface area contributed by atoms with E-state index in [1.165, 1.54) is 5.56 Å². The molecule has 6 nitrogen and oxygen atoms in total. The van der Waals surface area contributed by atoms with Crippen LogP contribution in [0.4, 0.5) is 4.79 Å². The van der Waals surface area contributed by atoms with Crippen molar-refractivity contribution in [2.45, 2.75) is 38.4 Å². The van der Waals surface area contributed by atoms with E-state index < -0.39 is 0 Å². The van der Waals surface area contributed by atoms with Crippen LogP contribution in [0.2, 0.25) is 0 Å². The Kier molecular flexibility index (Phi) is 5.67. The number of ether oxygens (including phenoxy) is 2.